The first-order chi connectivity index (χ1) is 39.2. The third-order valence-corrected chi connectivity index (χ3v) is 19.4. The third-order valence-electron chi connectivity index (χ3n) is 16.9. The first-order valence-electron chi connectivity index (χ1n) is 27.2. The van der Waals surface area contributed by atoms with Crippen LogP contribution in [0.4, 0.5) is 0 Å². The molecule has 0 aliphatic heterocycles. The Kier molecular flexibility index (Phi) is 9.76. The molecule has 14 aromatic carbocycles. The Morgan fingerprint density at radius 2 is 0.544 bits per heavy atom. The summed E-state index contributed by atoms with van der Waals surface area (Å²) in [5.41, 5.74) is 17.4. The van der Waals surface area contributed by atoms with E-state index in [9.17, 15) is 0 Å². The summed E-state index contributed by atoms with van der Waals surface area (Å²) in [5.74, 6) is 0. The maximum absolute atomic E-state index is 2.51. The van der Waals surface area contributed by atoms with Crippen molar-refractivity contribution in [1.29, 1.82) is 0 Å². The molecule has 0 bridgehead atoms. The van der Waals surface area contributed by atoms with Crippen LogP contribution in [0.3, 0.4) is 0 Å². The van der Waals surface area contributed by atoms with E-state index < -0.39 is 0 Å². The van der Waals surface area contributed by atoms with Crippen LogP contribution in [0.5, 0.6) is 0 Å². The minimum absolute atomic E-state index is 0.0922. The van der Waals surface area contributed by atoms with Gasteiger partial charge in [0.15, 0.2) is 0 Å². The van der Waals surface area contributed by atoms with Gasteiger partial charge in [0.2, 0.25) is 0 Å². The van der Waals surface area contributed by atoms with E-state index in [1.54, 1.807) is 0 Å². The van der Waals surface area contributed by atoms with Gasteiger partial charge >= 0.3 is 358 Å². The van der Waals surface area contributed by atoms with Gasteiger partial charge in [-0.3, -0.25) is 0 Å². The number of fused-ring (bicyclic) bond motifs is 13. The van der Waals surface area contributed by atoms with E-state index in [0.29, 0.717) is 0 Å². The van der Waals surface area contributed by atoms with E-state index in [0.717, 1.165) is 0 Å². The quantitative estimate of drug-likeness (QED) is 0.116. The van der Waals surface area contributed by atoms with Crippen LogP contribution in [0.1, 0.15) is 0 Å². The first kappa shape index (κ1) is 44.4. The zero-order valence-corrected chi connectivity index (χ0v) is 44.6. The fourth-order valence-corrected chi connectivity index (χ4v) is 16.1. The van der Waals surface area contributed by atoms with E-state index in [4.69, 9.17) is 0 Å². The molecule has 0 spiro atoms. The van der Waals surface area contributed by atoms with Gasteiger partial charge in [-0.1, -0.05) is 60.7 Å². The van der Waals surface area contributed by atoms with Gasteiger partial charge in [0.05, 0.1) is 5.52 Å². The van der Waals surface area contributed by atoms with Gasteiger partial charge in [0.1, 0.15) is 0 Å². The molecule has 0 saturated heterocycles. The Balaban J connectivity index is 0.839. The molecule has 0 aliphatic rings. The summed E-state index contributed by atoms with van der Waals surface area (Å²) in [6, 6.07) is 104. The molecule has 366 valence electrons. The SMILES string of the molecule is c1ccc(-n2c3ccccc3c3cc(-c4c5ccccc5c(-c5ccc6[se]c7c(-c8c9ccccc9c(-c9ccc%10c(c9)c9ccccc9n%10-c9ccccc9)c9ccccc89)cccc7c6c5)c5ccccc45)ccc32)cc1. The van der Waals surface area contributed by atoms with Gasteiger partial charge < -0.3 is 4.57 Å². The van der Waals surface area contributed by atoms with Gasteiger partial charge in [-0.25, -0.2) is 0 Å². The Morgan fingerprint density at radius 1 is 0.215 bits per heavy atom. The molecular weight excluding hydrogens is 1020 g/mol. The Morgan fingerprint density at radius 3 is 0.975 bits per heavy atom. The minimum atomic E-state index is 0.0922. The topological polar surface area (TPSA) is 9.86 Å². The molecule has 17 rings (SSSR count). The molecule has 3 heteroatoms. The third kappa shape index (κ3) is 6.58. The van der Waals surface area contributed by atoms with Crippen LogP contribution >= 0.6 is 0 Å². The van der Waals surface area contributed by atoms with Crippen LogP contribution in [-0.2, 0) is 0 Å². The van der Waals surface area contributed by atoms with Gasteiger partial charge in [-0.15, -0.1) is 0 Å². The van der Waals surface area contributed by atoms with E-state index in [1.165, 1.54) is 162 Å². The van der Waals surface area contributed by atoms with Crippen molar-refractivity contribution in [2.24, 2.45) is 0 Å². The van der Waals surface area contributed by atoms with Crippen molar-refractivity contribution in [3.8, 4) is 55.9 Å². The second-order valence-corrected chi connectivity index (χ2v) is 23.2. The average Bonchev–Trinajstić information content (AvgIpc) is 4.37. The predicted molar refractivity (Wildman–Crippen MR) is 339 cm³/mol. The molecule has 3 aromatic heterocycles. The summed E-state index contributed by atoms with van der Waals surface area (Å²) >= 11 is 0.0922. The fraction of sp³-hybridized carbons (Fsp3) is 0. The Labute approximate surface area is 461 Å². The number of aromatic nitrogens is 2. The van der Waals surface area contributed by atoms with Crippen molar-refractivity contribution in [3.05, 3.63) is 279 Å². The van der Waals surface area contributed by atoms with Crippen molar-refractivity contribution in [2.75, 3.05) is 0 Å². The van der Waals surface area contributed by atoms with E-state index in [2.05, 4.69) is 288 Å². The summed E-state index contributed by atoms with van der Waals surface area (Å²) in [7, 11) is 0. The Bertz CT molecular complexity index is 5250. The second kappa shape index (κ2) is 17.4. The molecule has 0 radical (unpaired) electrons. The van der Waals surface area contributed by atoms with E-state index >= 15 is 0 Å². The molecule has 0 N–H and O–H groups in total. The summed E-state index contributed by atoms with van der Waals surface area (Å²) in [4.78, 5) is 0. The van der Waals surface area contributed by atoms with Crippen molar-refractivity contribution in [3.63, 3.8) is 0 Å². The Hall–Kier alpha value is -9.76. The maximum atomic E-state index is 2.51. The van der Waals surface area contributed by atoms with Gasteiger partial charge in [0.25, 0.3) is 0 Å². The van der Waals surface area contributed by atoms with Crippen LogP contribution in [0, 0.1) is 0 Å². The van der Waals surface area contributed by atoms with E-state index in [-0.39, 0.29) is 14.5 Å². The molecular formula is C76H46N2Se. The molecule has 0 unspecified atom stereocenters. The van der Waals surface area contributed by atoms with Crippen LogP contribution < -0.4 is 0 Å². The molecule has 17 aromatic rings. The van der Waals surface area contributed by atoms with Gasteiger partial charge in [0, 0.05) is 5.69 Å². The molecule has 2 nitrogen and oxygen atoms in total. The molecule has 79 heavy (non-hydrogen) atoms. The molecule has 0 atom stereocenters. The number of nitrogens with zero attached hydrogens (tertiary/aromatic N) is 2. The summed E-state index contributed by atoms with van der Waals surface area (Å²) < 4.78 is 7.69. The van der Waals surface area contributed by atoms with Crippen molar-refractivity contribution in [2.45, 2.75) is 0 Å². The molecule has 0 fully saturated rings. The molecule has 3 heterocycles. The summed E-state index contributed by atoms with van der Waals surface area (Å²) in [6.07, 6.45) is 0. The summed E-state index contributed by atoms with van der Waals surface area (Å²) in [5, 5.41) is 17.9. The number of rotatable bonds is 6. The average molecular weight is 1070 g/mol. The van der Waals surface area contributed by atoms with Crippen LogP contribution in [0.15, 0.2) is 279 Å². The number of para-hydroxylation sites is 4. The smallest absolute Gasteiger partial charge is 0.0602 e. The van der Waals surface area contributed by atoms with Crippen LogP contribution in [0.2, 0.25) is 0 Å². The van der Waals surface area contributed by atoms with Gasteiger partial charge in [-0.2, -0.15) is 0 Å². The van der Waals surface area contributed by atoms with Gasteiger partial charge in [-0.05, 0) is 30.3 Å². The monoisotopic (exact) mass is 1070 g/mol. The molecule has 0 aliphatic carbocycles. The summed E-state index contributed by atoms with van der Waals surface area (Å²) in [6.45, 7) is 0. The van der Waals surface area contributed by atoms with Crippen molar-refractivity contribution in [1.82, 2.24) is 9.13 Å². The zero-order valence-electron chi connectivity index (χ0n) is 42.9. The van der Waals surface area contributed by atoms with Crippen molar-refractivity contribution >= 4 is 120 Å². The fourth-order valence-electron chi connectivity index (χ4n) is 13.6. The van der Waals surface area contributed by atoms with Crippen LogP contribution in [-0.4, -0.2) is 23.6 Å². The predicted octanol–water partition coefficient (Wildman–Crippen LogP) is 20.5. The molecule has 0 amide bonds. The molecule has 0 saturated carbocycles. The van der Waals surface area contributed by atoms with E-state index in [1.807, 2.05) is 0 Å². The van der Waals surface area contributed by atoms with Crippen molar-refractivity contribution < 1.29 is 0 Å². The number of hydrogen-bond acceptors (Lipinski definition) is 0. The van der Waals surface area contributed by atoms with Crippen LogP contribution in [0.25, 0.3) is 162 Å². The minimum Gasteiger partial charge on any atom is -0.0602 e. The number of hydrogen-bond donors (Lipinski definition) is 0. The number of benzene rings is 14. The zero-order chi connectivity index (χ0) is 51.7. The normalized spacial score (nSPS) is 12.1. The second-order valence-electron chi connectivity index (χ2n) is 21.0. The standard InChI is InChI=1S/C76H46N2Se/c1-3-20-50(21-4-1)77-67-36-17-15-24-52(67)64-44-47(38-41-69(64)77)72-54-26-7-9-28-56(54)74(57-29-10-8-27-55(57)72)49-40-43-71-66(46-49)62-34-19-35-63(76(62)79-71)75-60-32-13-11-30-58(60)73(59-31-12-14-33-61(59)75)48-39-42-70-65(45-48)53-25-16-18-37-68(53)78(70)51-22-5-2-6-23-51/h1-46H. The first-order valence-corrected chi connectivity index (χ1v) is 29.0.